The van der Waals surface area contributed by atoms with E-state index in [0.717, 1.165) is 0 Å². The summed E-state index contributed by atoms with van der Waals surface area (Å²) in [4.78, 5) is 29.5. The van der Waals surface area contributed by atoms with Gasteiger partial charge in [0.05, 0.1) is 12.2 Å². The summed E-state index contributed by atoms with van der Waals surface area (Å²) in [5.41, 5.74) is 1.09. The van der Waals surface area contributed by atoms with Crippen LogP contribution < -0.4 is 0 Å². The third-order valence-corrected chi connectivity index (χ3v) is 4.94. The van der Waals surface area contributed by atoms with Crippen LogP contribution in [0.3, 0.4) is 0 Å². The lowest BCUT2D eigenvalue weighted by Gasteiger charge is -2.05. The molecule has 0 aliphatic heterocycles. The number of hydrogen-bond donors (Lipinski definition) is 0. The van der Waals surface area contributed by atoms with Crippen molar-refractivity contribution in [2.45, 2.75) is 13.5 Å². The quantitative estimate of drug-likeness (QED) is 0.460. The van der Waals surface area contributed by atoms with Gasteiger partial charge in [-0.25, -0.2) is 14.6 Å². The minimum atomic E-state index is -0.647. The Morgan fingerprint density at radius 3 is 2.89 bits per heavy atom. The molecular formula is C18H13ClN2O5S. The largest absolute Gasteiger partial charge is 0.460 e. The van der Waals surface area contributed by atoms with Crippen molar-refractivity contribution in [3.8, 4) is 0 Å². The number of esters is 2. The van der Waals surface area contributed by atoms with Crippen LogP contribution in [-0.4, -0.2) is 27.9 Å². The van der Waals surface area contributed by atoms with E-state index in [0.29, 0.717) is 21.5 Å². The monoisotopic (exact) mass is 404 g/mol. The highest BCUT2D eigenvalue weighted by Gasteiger charge is 2.25. The molecule has 138 valence electrons. The first-order valence-corrected chi connectivity index (χ1v) is 9.31. The maximum absolute atomic E-state index is 12.6. The Balaban J connectivity index is 1.66. The van der Waals surface area contributed by atoms with E-state index in [-0.39, 0.29) is 29.8 Å². The lowest BCUT2D eigenvalue weighted by atomic mass is 10.1. The van der Waals surface area contributed by atoms with Gasteiger partial charge in [0.25, 0.3) is 0 Å². The van der Waals surface area contributed by atoms with Crippen molar-refractivity contribution in [1.82, 2.24) is 9.38 Å². The highest BCUT2D eigenvalue weighted by atomic mass is 35.5. The second-order valence-corrected chi connectivity index (χ2v) is 6.74. The van der Waals surface area contributed by atoms with E-state index in [1.54, 1.807) is 47.2 Å². The Hall–Kier alpha value is -2.84. The van der Waals surface area contributed by atoms with Crippen LogP contribution in [0.15, 0.2) is 40.3 Å². The summed E-state index contributed by atoms with van der Waals surface area (Å²) >= 11 is 7.42. The zero-order chi connectivity index (χ0) is 19.0. The summed E-state index contributed by atoms with van der Waals surface area (Å²) in [5.74, 6) is -1.24. The van der Waals surface area contributed by atoms with Crippen LogP contribution in [0.25, 0.3) is 15.9 Å². The number of thiazole rings is 1. The van der Waals surface area contributed by atoms with Gasteiger partial charge in [0, 0.05) is 17.0 Å². The normalized spacial score (nSPS) is 11.2. The molecule has 7 nitrogen and oxygen atoms in total. The topological polar surface area (TPSA) is 83.0 Å². The van der Waals surface area contributed by atoms with E-state index in [1.807, 2.05) is 0 Å². The molecule has 3 heterocycles. The van der Waals surface area contributed by atoms with Gasteiger partial charge >= 0.3 is 11.9 Å². The third-order valence-electron chi connectivity index (χ3n) is 3.92. The Kier molecular flexibility index (Phi) is 4.59. The third kappa shape index (κ3) is 3.07. The number of carbonyl (C=O) groups is 2. The van der Waals surface area contributed by atoms with E-state index >= 15 is 0 Å². The predicted molar refractivity (Wildman–Crippen MR) is 99.4 cm³/mol. The molecular weight excluding hydrogens is 392 g/mol. The van der Waals surface area contributed by atoms with E-state index in [4.69, 9.17) is 25.5 Å². The highest BCUT2D eigenvalue weighted by molar-refractivity contribution is 7.15. The first kappa shape index (κ1) is 17.6. The molecule has 0 N–H and O–H groups in total. The minimum absolute atomic E-state index is 0.0194. The number of benzene rings is 1. The number of furan rings is 1. The average molecular weight is 405 g/mol. The van der Waals surface area contributed by atoms with Crippen molar-refractivity contribution in [2.75, 3.05) is 6.61 Å². The van der Waals surface area contributed by atoms with Crippen molar-refractivity contribution in [3.63, 3.8) is 0 Å². The predicted octanol–water partition coefficient (Wildman–Crippen LogP) is 4.33. The van der Waals surface area contributed by atoms with Crippen molar-refractivity contribution >= 4 is 50.8 Å². The number of hydrogen-bond acceptors (Lipinski definition) is 7. The molecule has 0 atom stereocenters. The molecule has 27 heavy (non-hydrogen) atoms. The van der Waals surface area contributed by atoms with Crippen LogP contribution in [0.5, 0.6) is 0 Å². The molecule has 0 unspecified atom stereocenters. The highest BCUT2D eigenvalue weighted by Crippen LogP contribution is 2.28. The SMILES string of the molecule is CCOC(=O)c1oc2ccccc2c1COC(=O)c1c(Cl)nc2sccn12. The van der Waals surface area contributed by atoms with Crippen molar-refractivity contribution in [3.05, 3.63) is 58.0 Å². The summed E-state index contributed by atoms with van der Waals surface area (Å²) in [7, 11) is 0. The van der Waals surface area contributed by atoms with Gasteiger partial charge in [0.15, 0.2) is 15.8 Å². The van der Waals surface area contributed by atoms with Gasteiger partial charge in [0.2, 0.25) is 5.76 Å². The maximum atomic E-state index is 12.6. The van der Waals surface area contributed by atoms with Crippen LogP contribution in [0.4, 0.5) is 0 Å². The molecule has 1 aromatic carbocycles. The number of imidazole rings is 1. The lowest BCUT2D eigenvalue weighted by molar-refractivity contribution is 0.0430. The zero-order valence-corrected chi connectivity index (χ0v) is 15.7. The van der Waals surface area contributed by atoms with Crippen LogP contribution in [0.1, 0.15) is 33.5 Å². The smallest absolute Gasteiger partial charge is 0.374 e. The van der Waals surface area contributed by atoms with E-state index in [1.165, 1.54) is 11.3 Å². The fourth-order valence-corrected chi connectivity index (χ4v) is 3.76. The van der Waals surface area contributed by atoms with Gasteiger partial charge in [0.1, 0.15) is 12.2 Å². The molecule has 0 amide bonds. The molecule has 0 bridgehead atoms. The van der Waals surface area contributed by atoms with Crippen molar-refractivity contribution in [1.29, 1.82) is 0 Å². The van der Waals surface area contributed by atoms with Crippen LogP contribution in [-0.2, 0) is 16.1 Å². The second-order valence-electron chi connectivity index (χ2n) is 5.51. The van der Waals surface area contributed by atoms with Crippen LogP contribution in [0.2, 0.25) is 5.15 Å². The summed E-state index contributed by atoms with van der Waals surface area (Å²) in [5, 5.41) is 2.53. The van der Waals surface area contributed by atoms with Crippen LogP contribution in [0, 0.1) is 0 Å². The first-order valence-electron chi connectivity index (χ1n) is 8.05. The molecule has 4 rings (SSSR count). The van der Waals surface area contributed by atoms with Gasteiger partial charge in [-0.1, -0.05) is 29.8 Å². The molecule has 0 saturated heterocycles. The summed E-state index contributed by atoms with van der Waals surface area (Å²) < 4.78 is 17.6. The summed E-state index contributed by atoms with van der Waals surface area (Å²) in [6.07, 6.45) is 1.69. The zero-order valence-electron chi connectivity index (χ0n) is 14.1. The molecule has 9 heteroatoms. The molecule has 0 saturated carbocycles. The first-order chi connectivity index (χ1) is 13.1. The maximum Gasteiger partial charge on any atom is 0.374 e. The Morgan fingerprint density at radius 2 is 2.07 bits per heavy atom. The van der Waals surface area contributed by atoms with E-state index < -0.39 is 11.9 Å². The molecule has 0 aliphatic carbocycles. The molecule has 3 aromatic heterocycles. The number of nitrogens with zero attached hydrogens (tertiary/aromatic N) is 2. The van der Waals surface area contributed by atoms with Crippen molar-refractivity contribution < 1.29 is 23.5 Å². The van der Waals surface area contributed by atoms with Gasteiger partial charge in [-0.15, -0.1) is 11.3 Å². The number of carbonyl (C=O) groups excluding carboxylic acids is 2. The Bertz CT molecular complexity index is 1160. The fraction of sp³-hybridized carbons (Fsp3) is 0.167. The molecule has 0 aliphatic rings. The number of fused-ring (bicyclic) bond motifs is 2. The Morgan fingerprint density at radius 1 is 1.26 bits per heavy atom. The molecule has 0 radical (unpaired) electrons. The second kappa shape index (κ2) is 7.05. The minimum Gasteiger partial charge on any atom is -0.460 e. The van der Waals surface area contributed by atoms with Gasteiger partial charge in [-0.2, -0.15) is 0 Å². The summed E-state index contributed by atoms with van der Waals surface area (Å²) in [6, 6.07) is 7.11. The van der Waals surface area contributed by atoms with E-state index in [2.05, 4.69) is 4.98 Å². The standard InChI is InChI=1S/C18H13ClN2O5S/c1-2-24-17(23)14-11(10-5-3-4-6-12(10)26-14)9-25-16(22)13-15(19)20-18-21(13)7-8-27-18/h3-8H,2,9H2,1H3. The van der Waals surface area contributed by atoms with Gasteiger partial charge in [-0.05, 0) is 13.0 Å². The Labute approximate surface area is 162 Å². The van der Waals surface area contributed by atoms with Gasteiger partial charge in [-0.3, -0.25) is 4.40 Å². The number of rotatable bonds is 5. The summed E-state index contributed by atoms with van der Waals surface area (Å²) in [6.45, 7) is 1.74. The number of halogens is 1. The molecule has 4 aromatic rings. The van der Waals surface area contributed by atoms with E-state index in [9.17, 15) is 9.59 Å². The number of para-hydroxylation sites is 1. The van der Waals surface area contributed by atoms with Gasteiger partial charge < -0.3 is 13.9 Å². The number of ether oxygens (including phenoxy) is 2. The van der Waals surface area contributed by atoms with Crippen molar-refractivity contribution in [2.24, 2.45) is 0 Å². The lowest BCUT2D eigenvalue weighted by Crippen LogP contribution is -2.11. The van der Waals surface area contributed by atoms with Crippen LogP contribution >= 0.6 is 22.9 Å². The fourth-order valence-electron chi connectivity index (χ4n) is 2.75. The molecule has 0 fully saturated rings. The molecule has 0 spiro atoms. The number of aromatic nitrogens is 2. The average Bonchev–Trinajstić information content (AvgIpc) is 3.32.